The number of anilines is 1. The summed E-state index contributed by atoms with van der Waals surface area (Å²) in [6.07, 6.45) is 0. The zero-order valence-electron chi connectivity index (χ0n) is 14.9. The van der Waals surface area contributed by atoms with Crippen LogP contribution in [0.15, 0.2) is 42.5 Å². The smallest absolute Gasteiger partial charge is 0.337 e. The highest BCUT2D eigenvalue weighted by atomic mass is 32.2. The summed E-state index contributed by atoms with van der Waals surface area (Å²) in [6, 6.07) is 8.78. The van der Waals surface area contributed by atoms with E-state index in [9.17, 15) is 28.1 Å². The lowest BCUT2D eigenvalue weighted by Gasteiger charge is -2.11. The molecule has 0 aliphatic carbocycles. The van der Waals surface area contributed by atoms with E-state index in [4.69, 9.17) is 0 Å². The maximum atomic E-state index is 12.4. The first-order valence-corrected chi connectivity index (χ1v) is 9.36. The number of hydrogen-bond donors (Lipinski definition) is 1. The SMILES string of the molecule is COC(=O)c1cc(NS(=O)(=O)Cc2cccc([N+](=O)[O-])c2)cc(C(=O)OC)c1. The van der Waals surface area contributed by atoms with Crippen LogP contribution in [0.3, 0.4) is 0 Å². The van der Waals surface area contributed by atoms with Gasteiger partial charge in [0.05, 0.1) is 41.7 Å². The molecule has 0 saturated heterocycles. The van der Waals surface area contributed by atoms with E-state index in [0.29, 0.717) is 0 Å². The van der Waals surface area contributed by atoms with Crippen molar-refractivity contribution in [3.8, 4) is 0 Å². The summed E-state index contributed by atoms with van der Waals surface area (Å²) >= 11 is 0. The van der Waals surface area contributed by atoms with Crippen molar-refractivity contribution in [3.05, 3.63) is 69.3 Å². The van der Waals surface area contributed by atoms with E-state index in [1.807, 2.05) is 0 Å². The van der Waals surface area contributed by atoms with Gasteiger partial charge in [0.2, 0.25) is 10.0 Å². The molecule has 0 aliphatic rings. The van der Waals surface area contributed by atoms with Crippen LogP contribution in [0, 0.1) is 10.1 Å². The Morgan fingerprint density at radius 2 is 1.61 bits per heavy atom. The van der Waals surface area contributed by atoms with Crippen LogP contribution in [0.5, 0.6) is 0 Å². The molecule has 1 N–H and O–H groups in total. The minimum Gasteiger partial charge on any atom is -0.465 e. The third kappa shape index (κ3) is 5.27. The first-order chi connectivity index (χ1) is 13.1. The van der Waals surface area contributed by atoms with Gasteiger partial charge in [0, 0.05) is 12.1 Å². The topological polar surface area (TPSA) is 142 Å². The highest BCUT2D eigenvalue weighted by Gasteiger charge is 2.18. The van der Waals surface area contributed by atoms with Crippen molar-refractivity contribution in [2.75, 3.05) is 18.9 Å². The number of benzene rings is 2. The number of sulfonamides is 1. The van der Waals surface area contributed by atoms with Crippen LogP contribution < -0.4 is 4.72 Å². The van der Waals surface area contributed by atoms with Gasteiger partial charge in [-0.1, -0.05) is 12.1 Å². The third-order valence-corrected chi connectivity index (χ3v) is 4.79. The fraction of sp³-hybridized carbons (Fsp3) is 0.176. The molecular formula is C17H16N2O8S. The van der Waals surface area contributed by atoms with Gasteiger partial charge >= 0.3 is 11.9 Å². The molecule has 148 valence electrons. The Morgan fingerprint density at radius 1 is 1.04 bits per heavy atom. The van der Waals surface area contributed by atoms with E-state index in [0.717, 1.165) is 20.3 Å². The Bertz CT molecular complexity index is 999. The average molecular weight is 408 g/mol. The minimum atomic E-state index is -4.01. The molecule has 0 fully saturated rings. The fourth-order valence-corrected chi connectivity index (χ4v) is 3.52. The second kappa shape index (κ2) is 8.48. The molecule has 0 aromatic heterocycles. The van der Waals surface area contributed by atoms with Crippen molar-refractivity contribution in [3.63, 3.8) is 0 Å². The zero-order chi connectivity index (χ0) is 20.9. The van der Waals surface area contributed by atoms with Gasteiger partial charge in [-0.2, -0.15) is 0 Å². The molecule has 28 heavy (non-hydrogen) atoms. The van der Waals surface area contributed by atoms with E-state index < -0.39 is 32.6 Å². The number of nitro groups is 1. The normalized spacial score (nSPS) is 10.8. The molecule has 2 aromatic rings. The number of nitrogens with one attached hydrogen (secondary N) is 1. The minimum absolute atomic E-state index is 0.0570. The Labute approximate surface area is 160 Å². The molecular weight excluding hydrogens is 392 g/mol. The Balaban J connectivity index is 2.34. The van der Waals surface area contributed by atoms with Gasteiger partial charge in [0.1, 0.15) is 0 Å². The number of non-ortho nitro benzene ring substituents is 1. The standard InChI is InChI=1S/C17H16N2O8S/c1-26-16(20)12-7-13(17(21)27-2)9-14(8-12)18-28(24,25)10-11-4-3-5-15(6-11)19(22)23/h3-9,18H,10H2,1-2H3. The van der Waals surface area contributed by atoms with Crippen molar-refractivity contribution in [1.29, 1.82) is 0 Å². The number of rotatable bonds is 7. The summed E-state index contributed by atoms with van der Waals surface area (Å²) in [7, 11) is -1.73. The van der Waals surface area contributed by atoms with Crippen molar-refractivity contribution in [2.45, 2.75) is 5.75 Å². The van der Waals surface area contributed by atoms with E-state index >= 15 is 0 Å². The lowest BCUT2D eigenvalue weighted by molar-refractivity contribution is -0.384. The van der Waals surface area contributed by atoms with Gasteiger partial charge in [-0.15, -0.1) is 0 Å². The maximum Gasteiger partial charge on any atom is 0.337 e. The number of carbonyl (C=O) groups excluding carboxylic acids is 2. The van der Waals surface area contributed by atoms with Crippen LogP contribution in [0.2, 0.25) is 0 Å². The molecule has 10 nitrogen and oxygen atoms in total. The summed E-state index contributed by atoms with van der Waals surface area (Å²) in [5.41, 5.74) is -0.224. The monoisotopic (exact) mass is 408 g/mol. The van der Waals surface area contributed by atoms with Gasteiger partial charge in [-0.05, 0) is 23.8 Å². The first kappa shape index (κ1) is 20.8. The van der Waals surface area contributed by atoms with Crippen LogP contribution >= 0.6 is 0 Å². The molecule has 11 heteroatoms. The molecule has 0 bridgehead atoms. The Kier molecular flexibility index (Phi) is 6.31. The largest absolute Gasteiger partial charge is 0.465 e. The molecule has 0 amide bonds. The lowest BCUT2D eigenvalue weighted by atomic mass is 10.1. The molecule has 0 spiro atoms. The molecule has 2 aromatic carbocycles. The molecule has 0 radical (unpaired) electrons. The van der Waals surface area contributed by atoms with Gasteiger partial charge < -0.3 is 9.47 Å². The van der Waals surface area contributed by atoms with E-state index in [2.05, 4.69) is 14.2 Å². The first-order valence-electron chi connectivity index (χ1n) is 7.70. The second-order valence-corrected chi connectivity index (χ2v) is 7.29. The summed E-state index contributed by atoms with van der Waals surface area (Å²) in [5, 5.41) is 10.8. The van der Waals surface area contributed by atoms with Crippen molar-refractivity contribution in [2.24, 2.45) is 0 Å². The van der Waals surface area contributed by atoms with Crippen molar-refractivity contribution < 1.29 is 32.4 Å². The van der Waals surface area contributed by atoms with Gasteiger partial charge in [0.25, 0.3) is 5.69 Å². The van der Waals surface area contributed by atoms with Crippen LogP contribution in [-0.4, -0.2) is 39.5 Å². The fourth-order valence-electron chi connectivity index (χ4n) is 2.35. The van der Waals surface area contributed by atoms with Gasteiger partial charge in [-0.3, -0.25) is 14.8 Å². The number of nitro benzene ring substituents is 1. The van der Waals surface area contributed by atoms with E-state index in [1.165, 1.54) is 36.4 Å². The predicted molar refractivity (Wildman–Crippen MR) is 98.5 cm³/mol. The molecule has 0 aliphatic heterocycles. The quantitative estimate of drug-likeness (QED) is 0.417. The zero-order valence-corrected chi connectivity index (χ0v) is 15.7. The molecule has 0 heterocycles. The van der Waals surface area contributed by atoms with Crippen molar-refractivity contribution in [1.82, 2.24) is 0 Å². The number of carbonyl (C=O) groups is 2. The van der Waals surface area contributed by atoms with Crippen LogP contribution in [0.1, 0.15) is 26.3 Å². The van der Waals surface area contributed by atoms with E-state index in [1.54, 1.807) is 0 Å². The van der Waals surface area contributed by atoms with E-state index in [-0.39, 0.29) is 28.1 Å². The van der Waals surface area contributed by atoms with Crippen LogP contribution in [0.25, 0.3) is 0 Å². The maximum absolute atomic E-state index is 12.4. The molecule has 2 rings (SSSR count). The average Bonchev–Trinajstić information content (AvgIpc) is 2.65. The summed E-state index contributed by atoms with van der Waals surface area (Å²) < 4.78 is 36.3. The molecule has 0 unspecified atom stereocenters. The summed E-state index contributed by atoms with van der Waals surface area (Å²) in [4.78, 5) is 33.7. The Hall–Kier alpha value is -3.47. The van der Waals surface area contributed by atoms with Crippen molar-refractivity contribution >= 4 is 33.3 Å². The molecule has 0 atom stereocenters. The third-order valence-electron chi connectivity index (χ3n) is 3.53. The van der Waals surface area contributed by atoms with Crippen LogP contribution in [0.4, 0.5) is 11.4 Å². The van der Waals surface area contributed by atoms with Gasteiger partial charge in [-0.25, -0.2) is 18.0 Å². The summed E-state index contributed by atoms with van der Waals surface area (Å²) in [6.45, 7) is 0. The number of esters is 2. The molecule has 0 saturated carbocycles. The number of hydrogen-bond acceptors (Lipinski definition) is 8. The number of ether oxygens (including phenoxy) is 2. The second-order valence-electron chi connectivity index (χ2n) is 5.57. The Morgan fingerprint density at radius 3 is 2.11 bits per heavy atom. The highest BCUT2D eigenvalue weighted by molar-refractivity contribution is 7.91. The highest BCUT2D eigenvalue weighted by Crippen LogP contribution is 2.20. The number of methoxy groups -OCH3 is 2. The van der Waals surface area contributed by atoms with Crippen LogP contribution in [-0.2, 0) is 25.2 Å². The van der Waals surface area contributed by atoms with Gasteiger partial charge in [0.15, 0.2) is 0 Å². The number of nitrogens with zero attached hydrogens (tertiary/aromatic N) is 1. The predicted octanol–water partition coefficient (Wildman–Crippen LogP) is 2.11. The lowest BCUT2D eigenvalue weighted by Crippen LogP contribution is -2.16. The summed E-state index contributed by atoms with van der Waals surface area (Å²) in [5.74, 6) is -2.10.